The van der Waals surface area contributed by atoms with E-state index in [1.54, 1.807) is 0 Å². The van der Waals surface area contributed by atoms with Crippen molar-refractivity contribution in [3.05, 3.63) is 29.7 Å². The molecule has 2 aromatic rings. The molecule has 1 aromatic carbocycles. The van der Waals surface area contributed by atoms with Gasteiger partial charge in [0.1, 0.15) is 19.0 Å². The van der Waals surface area contributed by atoms with Crippen LogP contribution in [0.1, 0.15) is 11.5 Å². The number of H-pyrrole nitrogens is 1. The third-order valence-corrected chi connectivity index (χ3v) is 3.20. The minimum Gasteiger partial charge on any atom is -0.486 e. The Bertz CT molecular complexity index is 580. The molecule has 2 heterocycles. The van der Waals surface area contributed by atoms with Crippen molar-refractivity contribution >= 4 is 12.6 Å². The molecule has 0 aliphatic carbocycles. The maximum absolute atomic E-state index is 5.58. The number of thiol groups is 1. The predicted octanol–water partition coefficient (Wildman–Crippen LogP) is 2.59. The summed E-state index contributed by atoms with van der Waals surface area (Å²) in [5, 5.41) is 0. The normalized spacial score (nSPS) is 13.7. The average Bonchev–Trinajstić information content (AvgIpc) is 2.79. The van der Waals surface area contributed by atoms with E-state index in [4.69, 9.17) is 9.47 Å². The molecule has 1 N–H and O–H groups in total. The van der Waals surface area contributed by atoms with Gasteiger partial charge in [0.05, 0.1) is 5.69 Å². The lowest BCUT2D eigenvalue weighted by Gasteiger charge is -2.18. The summed E-state index contributed by atoms with van der Waals surface area (Å²) in [6.07, 6.45) is 0. The molecule has 0 amide bonds. The number of aromatic amines is 1. The summed E-state index contributed by atoms with van der Waals surface area (Å²) in [4.78, 5) is 7.73. The topological polar surface area (TPSA) is 47.1 Å². The second-order valence-corrected chi connectivity index (χ2v) is 4.49. The van der Waals surface area contributed by atoms with Crippen LogP contribution in [0.15, 0.2) is 18.2 Å². The molecule has 0 radical (unpaired) electrons. The number of nitrogens with one attached hydrogen (secondary N) is 1. The Kier molecular flexibility index (Phi) is 2.91. The third kappa shape index (κ3) is 1.95. The second-order valence-electron chi connectivity index (χ2n) is 4.17. The zero-order chi connectivity index (χ0) is 12.5. The van der Waals surface area contributed by atoms with E-state index in [0.717, 1.165) is 34.3 Å². The van der Waals surface area contributed by atoms with Crippen LogP contribution in [0.2, 0.25) is 0 Å². The van der Waals surface area contributed by atoms with Crippen molar-refractivity contribution in [2.24, 2.45) is 0 Å². The van der Waals surface area contributed by atoms with Crippen molar-refractivity contribution in [1.82, 2.24) is 9.97 Å². The zero-order valence-corrected chi connectivity index (χ0v) is 11.0. The van der Waals surface area contributed by atoms with Gasteiger partial charge in [-0.25, -0.2) is 4.98 Å². The van der Waals surface area contributed by atoms with Crippen molar-refractivity contribution in [2.75, 3.05) is 13.2 Å². The number of rotatable bonds is 2. The Balaban J connectivity index is 2.03. The van der Waals surface area contributed by atoms with Crippen molar-refractivity contribution in [2.45, 2.75) is 12.7 Å². The van der Waals surface area contributed by atoms with Gasteiger partial charge in [0.25, 0.3) is 0 Å². The van der Waals surface area contributed by atoms with Crippen molar-refractivity contribution in [3.8, 4) is 22.8 Å². The number of hydrogen-bond acceptors (Lipinski definition) is 4. The lowest BCUT2D eigenvalue weighted by molar-refractivity contribution is 0.171. The quantitative estimate of drug-likeness (QED) is 0.818. The molecule has 0 saturated carbocycles. The molecule has 0 unspecified atom stereocenters. The summed E-state index contributed by atoms with van der Waals surface area (Å²) >= 11 is 4.22. The summed E-state index contributed by atoms with van der Waals surface area (Å²) in [6, 6.07) is 5.90. The molecule has 94 valence electrons. The zero-order valence-electron chi connectivity index (χ0n) is 10.1. The number of hydrogen-bond donors (Lipinski definition) is 2. The maximum atomic E-state index is 5.58. The lowest BCUT2D eigenvalue weighted by atomic mass is 10.1. The largest absolute Gasteiger partial charge is 0.486 e. The van der Waals surface area contributed by atoms with Crippen LogP contribution in [0.5, 0.6) is 11.5 Å². The van der Waals surface area contributed by atoms with E-state index < -0.39 is 0 Å². The highest BCUT2D eigenvalue weighted by Gasteiger charge is 2.15. The Morgan fingerprint density at radius 1 is 1.28 bits per heavy atom. The van der Waals surface area contributed by atoms with Crippen molar-refractivity contribution in [1.29, 1.82) is 0 Å². The van der Waals surface area contributed by atoms with Gasteiger partial charge in [0.15, 0.2) is 11.5 Å². The highest BCUT2D eigenvalue weighted by molar-refractivity contribution is 7.79. The molecule has 5 heteroatoms. The fourth-order valence-electron chi connectivity index (χ4n) is 2.07. The van der Waals surface area contributed by atoms with Gasteiger partial charge in [-0.2, -0.15) is 12.6 Å². The first-order valence-electron chi connectivity index (χ1n) is 5.84. The van der Waals surface area contributed by atoms with E-state index in [9.17, 15) is 0 Å². The van der Waals surface area contributed by atoms with E-state index in [0.29, 0.717) is 19.0 Å². The minimum atomic E-state index is 0.595. The van der Waals surface area contributed by atoms with E-state index in [2.05, 4.69) is 22.6 Å². The van der Waals surface area contributed by atoms with Gasteiger partial charge in [0, 0.05) is 17.0 Å². The first-order valence-corrected chi connectivity index (χ1v) is 6.47. The molecule has 1 aliphatic rings. The molecule has 3 rings (SSSR count). The number of ether oxygens (including phenoxy) is 2. The van der Waals surface area contributed by atoms with Gasteiger partial charge in [-0.05, 0) is 25.1 Å². The molecule has 1 aromatic heterocycles. The maximum Gasteiger partial charge on any atom is 0.162 e. The Labute approximate surface area is 111 Å². The van der Waals surface area contributed by atoms with Crippen LogP contribution in [-0.2, 0) is 5.75 Å². The molecule has 1 aliphatic heterocycles. The van der Waals surface area contributed by atoms with Gasteiger partial charge < -0.3 is 14.5 Å². The number of aromatic nitrogens is 2. The summed E-state index contributed by atoms with van der Waals surface area (Å²) in [5.41, 5.74) is 3.01. The first kappa shape index (κ1) is 11.5. The molecule has 0 spiro atoms. The highest BCUT2D eigenvalue weighted by atomic mass is 32.1. The van der Waals surface area contributed by atoms with Gasteiger partial charge in [0.2, 0.25) is 0 Å². The van der Waals surface area contributed by atoms with Gasteiger partial charge in [-0.15, -0.1) is 0 Å². The molecular formula is C13H14N2O2S. The van der Waals surface area contributed by atoms with Crippen LogP contribution < -0.4 is 9.47 Å². The summed E-state index contributed by atoms with van der Waals surface area (Å²) in [7, 11) is 0. The van der Waals surface area contributed by atoms with Gasteiger partial charge in [-0.1, -0.05) is 0 Å². The van der Waals surface area contributed by atoms with Crippen molar-refractivity contribution in [3.63, 3.8) is 0 Å². The van der Waals surface area contributed by atoms with Crippen LogP contribution in [0, 0.1) is 6.92 Å². The molecule has 0 fully saturated rings. The van der Waals surface area contributed by atoms with E-state index in [-0.39, 0.29) is 0 Å². The summed E-state index contributed by atoms with van der Waals surface area (Å²) in [6.45, 7) is 3.21. The number of fused-ring (bicyclic) bond motifs is 1. The monoisotopic (exact) mass is 262 g/mol. The van der Waals surface area contributed by atoms with Crippen LogP contribution in [-0.4, -0.2) is 23.2 Å². The lowest BCUT2D eigenvalue weighted by Crippen LogP contribution is -2.15. The fourth-order valence-corrected chi connectivity index (χ4v) is 2.22. The fraction of sp³-hybridized carbons (Fsp3) is 0.308. The average molecular weight is 262 g/mol. The summed E-state index contributed by atoms with van der Waals surface area (Å²) < 4.78 is 11.1. The molecule has 18 heavy (non-hydrogen) atoms. The number of imidazole rings is 1. The Hall–Kier alpha value is -1.62. The van der Waals surface area contributed by atoms with E-state index in [1.807, 2.05) is 25.1 Å². The number of benzene rings is 1. The number of nitrogens with zero attached hydrogens (tertiary/aromatic N) is 1. The van der Waals surface area contributed by atoms with Crippen molar-refractivity contribution < 1.29 is 9.47 Å². The summed E-state index contributed by atoms with van der Waals surface area (Å²) in [5.74, 6) is 3.06. The SMILES string of the molecule is Cc1[nH]c(CS)nc1-c1ccc2c(c1)OCCO2. The first-order chi connectivity index (χ1) is 8.78. The Morgan fingerprint density at radius 3 is 2.78 bits per heavy atom. The minimum absolute atomic E-state index is 0.595. The molecular weight excluding hydrogens is 248 g/mol. The van der Waals surface area contributed by atoms with Crippen LogP contribution in [0.3, 0.4) is 0 Å². The smallest absolute Gasteiger partial charge is 0.162 e. The second kappa shape index (κ2) is 4.57. The van der Waals surface area contributed by atoms with E-state index in [1.165, 1.54) is 0 Å². The third-order valence-electron chi connectivity index (χ3n) is 2.90. The van der Waals surface area contributed by atoms with Crippen LogP contribution >= 0.6 is 12.6 Å². The van der Waals surface area contributed by atoms with Gasteiger partial charge in [-0.3, -0.25) is 0 Å². The van der Waals surface area contributed by atoms with Crippen LogP contribution in [0.25, 0.3) is 11.3 Å². The molecule has 4 nitrogen and oxygen atoms in total. The molecule has 0 bridgehead atoms. The van der Waals surface area contributed by atoms with Gasteiger partial charge >= 0.3 is 0 Å². The van der Waals surface area contributed by atoms with E-state index >= 15 is 0 Å². The molecule has 0 saturated heterocycles. The molecule has 0 atom stereocenters. The standard InChI is InChI=1S/C13H14N2O2S/c1-8-13(15-12(7-18)14-8)9-2-3-10-11(6-9)17-5-4-16-10/h2-3,6,18H,4-5,7H2,1H3,(H,14,15). The Morgan fingerprint density at radius 2 is 2.06 bits per heavy atom. The number of aryl methyl sites for hydroxylation is 1. The predicted molar refractivity (Wildman–Crippen MR) is 72.4 cm³/mol. The highest BCUT2D eigenvalue weighted by Crippen LogP contribution is 2.34. The van der Waals surface area contributed by atoms with Crippen LogP contribution in [0.4, 0.5) is 0 Å².